The van der Waals surface area contributed by atoms with Gasteiger partial charge in [-0.2, -0.15) is 0 Å². The highest BCUT2D eigenvalue weighted by atomic mass is 16.5. The topological polar surface area (TPSA) is 24.5 Å². The maximum atomic E-state index is 5.22. The fourth-order valence-corrected chi connectivity index (χ4v) is 3.68. The third kappa shape index (κ3) is 4.99. The lowest BCUT2D eigenvalue weighted by Crippen LogP contribution is -2.36. The van der Waals surface area contributed by atoms with Gasteiger partial charge in [-0.15, -0.1) is 0 Å². The molecule has 0 spiro atoms. The van der Waals surface area contributed by atoms with Crippen molar-refractivity contribution in [3.8, 4) is 5.75 Å². The molecular weight excluding hydrogens is 308 g/mol. The van der Waals surface area contributed by atoms with Crippen molar-refractivity contribution in [3.63, 3.8) is 0 Å². The number of methoxy groups -OCH3 is 1. The van der Waals surface area contributed by atoms with E-state index in [1.165, 1.54) is 49.0 Å². The summed E-state index contributed by atoms with van der Waals surface area (Å²) >= 11 is 0. The first kappa shape index (κ1) is 17.8. The number of aryl methyl sites for hydroxylation is 1. The number of hydrogen-bond acceptors (Lipinski definition) is 3. The summed E-state index contributed by atoms with van der Waals surface area (Å²) in [7, 11) is 3.98. The fraction of sp³-hybridized carbons (Fsp3) is 0.455. The molecule has 25 heavy (non-hydrogen) atoms. The van der Waals surface area contributed by atoms with Crippen LogP contribution >= 0.6 is 0 Å². The summed E-state index contributed by atoms with van der Waals surface area (Å²) in [6.45, 7) is 2.09. The number of ether oxygens (including phenoxy) is 1. The number of hydrogen-bond donors (Lipinski definition) is 1. The van der Waals surface area contributed by atoms with Gasteiger partial charge in [0.1, 0.15) is 5.75 Å². The van der Waals surface area contributed by atoms with Crippen molar-refractivity contribution in [1.82, 2.24) is 4.90 Å². The highest BCUT2D eigenvalue weighted by molar-refractivity contribution is 5.51. The van der Waals surface area contributed by atoms with Crippen molar-refractivity contribution >= 4 is 5.69 Å². The Bertz CT molecular complexity index is 653. The van der Waals surface area contributed by atoms with Crippen LogP contribution in [0.3, 0.4) is 0 Å². The van der Waals surface area contributed by atoms with E-state index in [0.717, 1.165) is 24.8 Å². The Labute approximate surface area is 152 Å². The summed E-state index contributed by atoms with van der Waals surface area (Å²) in [5, 5.41) is 3.61. The first-order valence-electron chi connectivity index (χ1n) is 9.41. The van der Waals surface area contributed by atoms with Crippen molar-refractivity contribution in [2.75, 3.05) is 26.0 Å². The first-order valence-corrected chi connectivity index (χ1v) is 9.41. The number of rotatable bonds is 7. The summed E-state index contributed by atoms with van der Waals surface area (Å²) in [4.78, 5) is 2.54. The number of piperidine rings is 1. The second kappa shape index (κ2) is 8.91. The van der Waals surface area contributed by atoms with E-state index in [-0.39, 0.29) is 0 Å². The van der Waals surface area contributed by atoms with Gasteiger partial charge in [-0.25, -0.2) is 0 Å². The Balaban J connectivity index is 1.58. The predicted octanol–water partition coefficient (Wildman–Crippen LogP) is 4.72. The minimum atomic E-state index is 0.739. The van der Waals surface area contributed by atoms with E-state index in [9.17, 15) is 0 Å². The van der Waals surface area contributed by atoms with E-state index in [0.29, 0.717) is 0 Å². The molecule has 2 aromatic rings. The van der Waals surface area contributed by atoms with Crippen LogP contribution in [0.1, 0.15) is 36.8 Å². The minimum Gasteiger partial charge on any atom is -0.497 e. The molecular formula is C22H30N2O. The molecule has 1 heterocycles. The average Bonchev–Trinajstić information content (AvgIpc) is 2.67. The molecule has 1 fully saturated rings. The van der Waals surface area contributed by atoms with Crippen LogP contribution in [0.25, 0.3) is 0 Å². The molecule has 0 aromatic heterocycles. The largest absolute Gasteiger partial charge is 0.497 e. The van der Waals surface area contributed by atoms with Crippen molar-refractivity contribution in [1.29, 1.82) is 0 Å². The quantitative estimate of drug-likeness (QED) is 0.790. The van der Waals surface area contributed by atoms with Gasteiger partial charge in [-0.05, 0) is 68.6 Å². The molecule has 1 aliphatic heterocycles. The molecule has 0 aliphatic carbocycles. The Hall–Kier alpha value is -2.00. The molecule has 1 unspecified atom stereocenters. The van der Waals surface area contributed by atoms with Crippen LogP contribution in [0.5, 0.6) is 5.75 Å². The van der Waals surface area contributed by atoms with Crippen LogP contribution in [-0.2, 0) is 13.0 Å². The number of nitrogens with zero attached hydrogens (tertiary/aromatic N) is 1. The second-order valence-electron chi connectivity index (χ2n) is 7.03. The van der Waals surface area contributed by atoms with Crippen molar-refractivity contribution in [3.05, 3.63) is 59.7 Å². The molecule has 1 aliphatic rings. The zero-order chi connectivity index (χ0) is 17.5. The van der Waals surface area contributed by atoms with Crippen LogP contribution in [0.15, 0.2) is 48.5 Å². The van der Waals surface area contributed by atoms with Gasteiger partial charge in [0, 0.05) is 18.3 Å². The second-order valence-corrected chi connectivity index (χ2v) is 7.03. The molecule has 1 saturated heterocycles. The van der Waals surface area contributed by atoms with Crippen LogP contribution in [-0.4, -0.2) is 31.6 Å². The standard InChI is InChI=1S/C22H30N2O/c1-24-16-6-5-8-20(24)13-12-19-7-3-4-9-22(19)23-17-18-10-14-21(25-2)15-11-18/h3-4,7,9-11,14-15,20,23H,5-6,8,12-13,16-17H2,1-2H3. The van der Waals surface area contributed by atoms with Crippen LogP contribution in [0, 0.1) is 0 Å². The molecule has 3 heteroatoms. The summed E-state index contributed by atoms with van der Waals surface area (Å²) in [6, 6.07) is 17.7. The molecule has 3 rings (SSSR count). The van der Waals surface area contributed by atoms with Crippen LogP contribution < -0.4 is 10.1 Å². The molecule has 1 atom stereocenters. The number of para-hydroxylation sites is 1. The highest BCUT2D eigenvalue weighted by Crippen LogP contribution is 2.23. The fourth-order valence-electron chi connectivity index (χ4n) is 3.68. The molecule has 1 N–H and O–H groups in total. The van der Waals surface area contributed by atoms with Gasteiger partial charge >= 0.3 is 0 Å². The minimum absolute atomic E-state index is 0.739. The molecule has 134 valence electrons. The van der Waals surface area contributed by atoms with E-state index in [1.807, 2.05) is 12.1 Å². The maximum Gasteiger partial charge on any atom is 0.118 e. The summed E-state index contributed by atoms with van der Waals surface area (Å²) in [5.74, 6) is 0.903. The lowest BCUT2D eigenvalue weighted by atomic mass is 9.96. The van der Waals surface area contributed by atoms with E-state index >= 15 is 0 Å². The summed E-state index contributed by atoms with van der Waals surface area (Å²) in [5.41, 5.74) is 3.95. The molecule has 2 aromatic carbocycles. The Morgan fingerprint density at radius 3 is 2.64 bits per heavy atom. The number of benzene rings is 2. The van der Waals surface area contributed by atoms with Gasteiger partial charge in [0.25, 0.3) is 0 Å². The third-order valence-electron chi connectivity index (χ3n) is 5.33. The molecule has 3 nitrogen and oxygen atoms in total. The van der Waals surface area contributed by atoms with Gasteiger partial charge in [-0.1, -0.05) is 36.8 Å². The normalized spacial score (nSPS) is 18.1. The van der Waals surface area contributed by atoms with Crippen LogP contribution in [0.4, 0.5) is 5.69 Å². The van der Waals surface area contributed by atoms with Gasteiger partial charge in [0.15, 0.2) is 0 Å². The zero-order valence-corrected chi connectivity index (χ0v) is 15.5. The predicted molar refractivity (Wildman–Crippen MR) is 105 cm³/mol. The van der Waals surface area contributed by atoms with E-state index in [2.05, 4.69) is 53.7 Å². The Morgan fingerprint density at radius 2 is 1.88 bits per heavy atom. The SMILES string of the molecule is COc1ccc(CNc2ccccc2CCC2CCCCN2C)cc1. The first-order chi connectivity index (χ1) is 12.3. The Morgan fingerprint density at radius 1 is 1.08 bits per heavy atom. The Kier molecular flexibility index (Phi) is 6.35. The third-order valence-corrected chi connectivity index (χ3v) is 5.33. The highest BCUT2D eigenvalue weighted by Gasteiger charge is 2.18. The van der Waals surface area contributed by atoms with Gasteiger partial charge < -0.3 is 15.0 Å². The summed E-state index contributed by atoms with van der Waals surface area (Å²) in [6.07, 6.45) is 6.47. The van der Waals surface area contributed by atoms with E-state index < -0.39 is 0 Å². The molecule has 0 saturated carbocycles. The number of anilines is 1. The van der Waals surface area contributed by atoms with Gasteiger partial charge in [-0.3, -0.25) is 0 Å². The van der Waals surface area contributed by atoms with Crippen molar-refractivity contribution < 1.29 is 4.74 Å². The molecule has 0 bridgehead atoms. The van der Waals surface area contributed by atoms with Gasteiger partial charge in [0.2, 0.25) is 0 Å². The zero-order valence-electron chi connectivity index (χ0n) is 15.5. The van der Waals surface area contributed by atoms with Crippen LogP contribution in [0.2, 0.25) is 0 Å². The van der Waals surface area contributed by atoms with Crippen molar-refractivity contribution in [2.24, 2.45) is 0 Å². The van der Waals surface area contributed by atoms with E-state index in [4.69, 9.17) is 4.74 Å². The summed E-state index contributed by atoms with van der Waals surface area (Å²) < 4.78 is 5.22. The monoisotopic (exact) mass is 338 g/mol. The molecule has 0 radical (unpaired) electrons. The lowest BCUT2D eigenvalue weighted by molar-refractivity contribution is 0.176. The van der Waals surface area contributed by atoms with E-state index in [1.54, 1.807) is 7.11 Å². The molecule has 0 amide bonds. The average molecular weight is 338 g/mol. The maximum absolute atomic E-state index is 5.22. The number of likely N-dealkylation sites (tertiary alicyclic amines) is 1. The lowest BCUT2D eigenvalue weighted by Gasteiger charge is -2.32. The van der Waals surface area contributed by atoms with Crippen molar-refractivity contribution in [2.45, 2.75) is 44.7 Å². The number of nitrogens with one attached hydrogen (secondary N) is 1. The smallest absolute Gasteiger partial charge is 0.118 e. The van der Waals surface area contributed by atoms with Gasteiger partial charge in [0.05, 0.1) is 7.11 Å².